The molecule has 3 heteroatoms. The van der Waals surface area contributed by atoms with Crippen molar-refractivity contribution < 1.29 is 4.79 Å². The van der Waals surface area contributed by atoms with Crippen molar-refractivity contribution >= 4 is 16.8 Å². The Morgan fingerprint density at radius 1 is 1.18 bits per heavy atom. The number of aromatic nitrogens is 1. The standard InChI is InChI=1S/C19H26N2O/c1-11-8-13(3)15-10-18(20-17(15)9-11)19(22)21-16-7-5-6-12(2)14(16)4/h8-10,12,14,16,20H,5-7H2,1-4H3,(H,21,22)/t12-,14-,16-/m1/s1. The topological polar surface area (TPSA) is 44.9 Å². The Labute approximate surface area is 132 Å². The minimum Gasteiger partial charge on any atom is -0.351 e. The maximum absolute atomic E-state index is 12.6. The molecule has 0 unspecified atom stereocenters. The van der Waals surface area contributed by atoms with Crippen molar-refractivity contribution in [2.24, 2.45) is 11.8 Å². The van der Waals surface area contributed by atoms with Crippen LogP contribution in [0.3, 0.4) is 0 Å². The van der Waals surface area contributed by atoms with Crippen molar-refractivity contribution in [3.8, 4) is 0 Å². The minimum absolute atomic E-state index is 0.0270. The van der Waals surface area contributed by atoms with Crippen LogP contribution in [0.25, 0.3) is 10.9 Å². The van der Waals surface area contributed by atoms with Gasteiger partial charge in [0.15, 0.2) is 0 Å². The maximum atomic E-state index is 12.6. The van der Waals surface area contributed by atoms with E-state index in [0.717, 1.165) is 17.3 Å². The van der Waals surface area contributed by atoms with E-state index < -0.39 is 0 Å². The molecule has 0 bridgehead atoms. The van der Waals surface area contributed by atoms with Crippen LogP contribution in [0.15, 0.2) is 18.2 Å². The van der Waals surface area contributed by atoms with Crippen LogP contribution in [0, 0.1) is 25.7 Å². The average Bonchev–Trinajstić information content (AvgIpc) is 2.88. The highest BCUT2D eigenvalue weighted by Gasteiger charge is 2.28. The fourth-order valence-corrected chi connectivity index (χ4v) is 3.75. The molecule has 1 heterocycles. The number of hydrogen-bond donors (Lipinski definition) is 2. The predicted molar refractivity (Wildman–Crippen MR) is 91.2 cm³/mol. The van der Waals surface area contributed by atoms with E-state index in [2.05, 4.69) is 50.1 Å². The molecular formula is C19H26N2O. The number of nitrogens with one attached hydrogen (secondary N) is 2. The van der Waals surface area contributed by atoms with Crippen LogP contribution in [0.2, 0.25) is 0 Å². The Bertz CT molecular complexity index is 701. The Balaban J connectivity index is 1.82. The van der Waals surface area contributed by atoms with Gasteiger partial charge in [-0.3, -0.25) is 4.79 Å². The summed E-state index contributed by atoms with van der Waals surface area (Å²) < 4.78 is 0. The molecule has 2 aromatic rings. The molecule has 3 rings (SSSR count). The normalized spacial score (nSPS) is 25.4. The number of hydrogen-bond acceptors (Lipinski definition) is 1. The highest BCUT2D eigenvalue weighted by molar-refractivity contribution is 5.99. The van der Waals surface area contributed by atoms with Gasteiger partial charge >= 0.3 is 0 Å². The first kappa shape index (κ1) is 15.1. The summed E-state index contributed by atoms with van der Waals surface area (Å²) in [7, 11) is 0. The molecule has 22 heavy (non-hydrogen) atoms. The summed E-state index contributed by atoms with van der Waals surface area (Å²) in [6.45, 7) is 8.72. The van der Waals surface area contributed by atoms with Gasteiger partial charge in [0.05, 0.1) is 0 Å². The van der Waals surface area contributed by atoms with Gasteiger partial charge in [0.1, 0.15) is 5.69 Å². The zero-order valence-electron chi connectivity index (χ0n) is 14.0. The van der Waals surface area contributed by atoms with Gasteiger partial charge in [-0.2, -0.15) is 0 Å². The molecule has 1 aromatic carbocycles. The summed E-state index contributed by atoms with van der Waals surface area (Å²) in [5.74, 6) is 1.26. The van der Waals surface area contributed by atoms with Gasteiger partial charge < -0.3 is 10.3 Å². The van der Waals surface area contributed by atoms with Gasteiger partial charge in [-0.25, -0.2) is 0 Å². The van der Waals surface area contributed by atoms with Gasteiger partial charge in [0, 0.05) is 16.9 Å². The monoisotopic (exact) mass is 298 g/mol. The number of H-pyrrole nitrogens is 1. The Hall–Kier alpha value is -1.77. The molecule has 1 amide bonds. The first-order chi connectivity index (χ1) is 10.5. The molecule has 1 saturated carbocycles. The molecule has 3 atom stereocenters. The van der Waals surface area contributed by atoms with Gasteiger partial charge in [-0.15, -0.1) is 0 Å². The summed E-state index contributed by atoms with van der Waals surface area (Å²) in [5, 5.41) is 4.38. The fourth-order valence-electron chi connectivity index (χ4n) is 3.75. The van der Waals surface area contributed by atoms with Crippen LogP contribution in [-0.2, 0) is 0 Å². The van der Waals surface area contributed by atoms with E-state index in [1.807, 2.05) is 6.07 Å². The lowest BCUT2D eigenvalue weighted by Gasteiger charge is -2.34. The van der Waals surface area contributed by atoms with Crippen LogP contribution in [-0.4, -0.2) is 16.9 Å². The molecule has 118 valence electrons. The Morgan fingerprint density at radius 3 is 2.73 bits per heavy atom. The summed E-state index contributed by atoms with van der Waals surface area (Å²) in [6, 6.07) is 6.54. The van der Waals surface area contributed by atoms with Gasteiger partial charge in [0.2, 0.25) is 0 Å². The fraction of sp³-hybridized carbons (Fsp3) is 0.526. The van der Waals surface area contributed by atoms with Crippen LogP contribution in [0.4, 0.5) is 0 Å². The van der Waals surface area contributed by atoms with Crippen LogP contribution < -0.4 is 5.32 Å². The van der Waals surface area contributed by atoms with Gasteiger partial charge in [-0.1, -0.05) is 32.8 Å². The van der Waals surface area contributed by atoms with E-state index in [0.29, 0.717) is 23.6 Å². The first-order valence-electron chi connectivity index (χ1n) is 8.36. The highest BCUT2D eigenvalue weighted by Crippen LogP contribution is 2.30. The Morgan fingerprint density at radius 2 is 1.95 bits per heavy atom. The van der Waals surface area contributed by atoms with Crippen molar-refractivity contribution in [3.63, 3.8) is 0 Å². The van der Waals surface area contributed by atoms with Crippen LogP contribution >= 0.6 is 0 Å². The number of aromatic amines is 1. The third kappa shape index (κ3) is 2.77. The number of benzene rings is 1. The second-order valence-electron chi connectivity index (χ2n) is 7.07. The van der Waals surface area contributed by atoms with Gasteiger partial charge in [0.25, 0.3) is 5.91 Å². The molecule has 0 aliphatic heterocycles. The molecule has 3 nitrogen and oxygen atoms in total. The zero-order chi connectivity index (χ0) is 15.9. The zero-order valence-corrected chi connectivity index (χ0v) is 14.0. The number of amides is 1. The van der Waals surface area contributed by atoms with Crippen LogP contribution in [0.5, 0.6) is 0 Å². The molecule has 0 radical (unpaired) electrons. The van der Waals surface area contributed by atoms with Crippen molar-refractivity contribution in [3.05, 3.63) is 35.0 Å². The van der Waals surface area contributed by atoms with Crippen LogP contribution in [0.1, 0.15) is 54.7 Å². The van der Waals surface area contributed by atoms with Crippen molar-refractivity contribution in [1.82, 2.24) is 10.3 Å². The van der Waals surface area contributed by atoms with E-state index in [1.54, 1.807) is 0 Å². The van der Waals surface area contributed by atoms with E-state index >= 15 is 0 Å². The molecule has 1 aliphatic rings. The molecule has 0 saturated heterocycles. The van der Waals surface area contributed by atoms with E-state index in [-0.39, 0.29) is 5.91 Å². The molecule has 0 spiro atoms. The SMILES string of the molecule is Cc1cc(C)c2cc(C(=O)N[C@@H]3CCC[C@@H](C)[C@H]3C)[nH]c2c1. The quantitative estimate of drug-likeness (QED) is 0.851. The van der Waals surface area contributed by atoms with E-state index in [9.17, 15) is 4.79 Å². The average molecular weight is 298 g/mol. The van der Waals surface area contributed by atoms with E-state index in [4.69, 9.17) is 0 Å². The second-order valence-corrected chi connectivity index (χ2v) is 7.07. The van der Waals surface area contributed by atoms with Crippen molar-refractivity contribution in [2.45, 2.75) is 53.0 Å². The predicted octanol–water partition coefficient (Wildman–Crippen LogP) is 4.34. The van der Waals surface area contributed by atoms with Gasteiger partial charge in [-0.05, 0) is 55.4 Å². The Kier molecular flexibility index (Phi) is 3.98. The number of carbonyl (C=O) groups is 1. The van der Waals surface area contributed by atoms with Crippen molar-refractivity contribution in [1.29, 1.82) is 0 Å². The minimum atomic E-state index is 0.0270. The van der Waals surface area contributed by atoms with E-state index in [1.165, 1.54) is 24.0 Å². The first-order valence-corrected chi connectivity index (χ1v) is 8.36. The van der Waals surface area contributed by atoms with Crippen molar-refractivity contribution in [2.75, 3.05) is 0 Å². The summed E-state index contributed by atoms with van der Waals surface area (Å²) in [6.07, 6.45) is 3.58. The molecule has 1 fully saturated rings. The summed E-state index contributed by atoms with van der Waals surface area (Å²) in [5.41, 5.74) is 4.15. The molecular weight excluding hydrogens is 272 g/mol. The summed E-state index contributed by atoms with van der Waals surface area (Å²) >= 11 is 0. The lowest BCUT2D eigenvalue weighted by molar-refractivity contribution is 0.0887. The third-order valence-corrected chi connectivity index (χ3v) is 5.36. The number of aryl methyl sites for hydroxylation is 2. The largest absolute Gasteiger partial charge is 0.351 e. The number of rotatable bonds is 2. The molecule has 2 N–H and O–H groups in total. The smallest absolute Gasteiger partial charge is 0.267 e. The lowest BCUT2D eigenvalue weighted by atomic mass is 9.78. The lowest BCUT2D eigenvalue weighted by Crippen LogP contribution is -2.43. The number of carbonyl (C=O) groups excluding carboxylic acids is 1. The summed E-state index contributed by atoms with van der Waals surface area (Å²) in [4.78, 5) is 15.9. The molecule has 1 aromatic heterocycles. The molecule has 1 aliphatic carbocycles. The third-order valence-electron chi connectivity index (χ3n) is 5.36. The highest BCUT2D eigenvalue weighted by atomic mass is 16.1. The maximum Gasteiger partial charge on any atom is 0.267 e. The number of fused-ring (bicyclic) bond motifs is 1. The second kappa shape index (κ2) is 5.79.